The maximum Gasteiger partial charge on any atom is 0.220 e. The van der Waals surface area contributed by atoms with Crippen LogP contribution in [0.2, 0.25) is 0 Å². The summed E-state index contributed by atoms with van der Waals surface area (Å²) in [6.45, 7) is 2.65. The van der Waals surface area contributed by atoms with Crippen LogP contribution in [0.15, 0.2) is 24.3 Å². The number of aliphatic hydroxyl groups is 8. The lowest BCUT2D eigenvalue weighted by atomic mass is 9.97. The molecule has 0 aromatic rings. The standard InChI is InChI=1S/C39H71NO13/c1-3-5-7-9-11-13-14-15-16-18-20-22-28(43)27(40-31(44)23-21-19-17-12-10-8-6-4-2)26-50-38-36(49)34(47)37(30(25-42)52-38)53-39-35(48)33(46)32(45)29(24-41)51-39/h14-15,20,22,27-30,32-39,41-43,45-49H,3-13,16-19,21,23-26H2,1-2H3,(H,40,44)/b15-14+,22-20+. The Morgan fingerprint density at radius 1 is 0.660 bits per heavy atom. The fraction of sp³-hybridized carbons (Fsp3) is 0.872. The molecular weight excluding hydrogens is 690 g/mol. The molecule has 310 valence electrons. The van der Waals surface area contributed by atoms with Gasteiger partial charge in [-0.15, -0.1) is 0 Å². The van der Waals surface area contributed by atoms with Crippen LogP contribution in [0.4, 0.5) is 0 Å². The molecule has 0 bridgehead atoms. The normalized spacial score (nSPS) is 30.6. The molecule has 53 heavy (non-hydrogen) atoms. The van der Waals surface area contributed by atoms with Gasteiger partial charge < -0.3 is 65.1 Å². The Balaban J connectivity index is 1.99. The van der Waals surface area contributed by atoms with Crippen molar-refractivity contribution in [2.75, 3.05) is 19.8 Å². The molecule has 0 aliphatic carbocycles. The minimum Gasteiger partial charge on any atom is -0.394 e. The summed E-state index contributed by atoms with van der Waals surface area (Å²) in [4.78, 5) is 12.9. The molecule has 2 fully saturated rings. The van der Waals surface area contributed by atoms with Crippen LogP contribution in [0.1, 0.15) is 123 Å². The number of amides is 1. The Labute approximate surface area is 316 Å². The summed E-state index contributed by atoms with van der Waals surface area (Å²) < 4.78 is 22.5. The molecule has 2 rings (SSSR count). The molecule has 2 aliphatic rings. The predicted molar refractivity (Wildman–Crippen MR) is 198 cm³/mol. The van der Waals surface area contributed by atoms with Gasteiger partial charge in [0.05, 0.1) is 32.0 Å². The average Bonchev–Trinajstić information content (AvgIpc) is 3.15. The molecule has 14 heteroatoms. The van der Waals surface area contributed by atoms with Gasteiger partial charge in [0.25, 0.3) is 0 Å². The third-order valence-corrected chi connectivity index (χ3v) is 9.89. The second-order valence-corrected chi connectivity index (χ2v) is 14.4. The van der Waals surface area contributed by atoms with Crippen LogP contribution in [0.5, 0.6) is 0 Å². The second kappa shape index (κ2) is 28.0. The Morgan fingerprint density at radius 2 is 1.21 bits per heavy atom. The predicted octanol–water partition coefficient (Wildman–Crippen LogP) is 2.26. The van der Waals surface area contributed by atoms with E-state index in [1.807, 2.05) is 6.08 Å². The summed E-state index contributed by atoms with van der Waals surface area (Å²) in [5.41, 5.74) is 0. The van der Waals surface area contributed by atoms with Crippen LogP contribution < -0.4 is 5.32 Å². The largest absolute Gasteiger partial charge is 0.394 e. The van der Waals surface area contributed by atoms with Gasteiger partial charge in [-0.2, -0.15) is 0 Å². The minimum atomic E-state index is -1.79. The zero-order valence-electron chi connectivity index (χ0n) is 32.0. The van der Waals surface area contributed by atoms with Gasteiger partial charge >= 0.3 is 0 Å². The van der Waals surface area contributed by atoms with E-state index in [-0.39, 0.29) is 18.9 Å². The van der Waals surface area contributed by atoms with E-state index in [1.165, 1.54) is 57.8 Å². The van der Waals surface area contributed by atoms with Crippen LogP contribution in [0, 0.1) is 0 Å². The molecule has 0 spiro atoms. The average molecular weight is 762 g/mol. The summed E-state index contributed by atoms with van der Waals surface area (Å²) in [5.74, 6) is -0.259. The van der Waals surface area contributed by atoms with Crippen molar-refractivity contribution in [3.63, 3.8) is 0 Å². The smallest absolute Gasteiger partial charge is 0.220 e. The molecule has 0 aromatic carbocycles. The molecule has 1 amide bonds. The van der Waals surface area contributed by atoms with Crippen molar-refractivity contribution in [2.45, 2.75) is 197 Å². The molecule has 9 N–H and O–H groups in total. The van der Waals surface area contributed by atoms with Crippen LogP contribution in [-0.4, -0.2) is 140 Å². The zero-order chi connectivity index (χ0) is 39.0. The lowest BCUT2D eigenvalue weighted by Gasteiger charge is -2.46. The Bertz CT molecular complexity index is 998. The molecule has 0 aromatic heterocycles. The number of carbonyl (C=O) groups excluding carboxylic acids is 1. The van der Waals surface area contributed by atoms with Crippen molar-refractivity contribution in [2.24, 2.45) is 0 Å². The van der Waals surface area contributed by atoms with Crippen molar-refractivity contribution in [3.8, 4) is 0 Å². The van der Waals surface area contributed by atoms with Crippen LogP contribution >= 0.6 is 0 Å². The Morgan fingerprint density at radius 3 is 1.85 bits per heavy atom. The molecule has 12 unspecified atom stereocenters. The molecule has 14 nitrogen and oxygen atoms in total. The molecule has 12 atom stereocenters. The van der Waals surface area contributed by atoms with Gasteiger partial charge in [0.1, 0.15) is 48.8 Å². The summed E-state index contributed by atoms with van der Waals surface area (Å²) in [6.07, 6.45) is 8.34. The second-order valence-electron chi connectivity index (χ2n) is 14.4. The SMILES string of the molecule is CCCCCCC/C=C/CC/C=C/C(O)C(COC1OC(CO)C(OC2OC(CO)C(O)C(O)C2O)C(O)C1O)NC(=O)CCCCCCCCCC. The van der Waals surface area contributed by atoms with E-state index in [4.69, 9.17) is 18.9 Å². The highest BCUT2D eigenvalue weighted by Crippen LogP contribution is 2.29. The molecular formula is C39H71NO13. The first-order valence-corrected chi connectivity index (χ1v) is 20.1. The monoisotopic (exact) mass is 761 g/mol. The van der Waals surface area contributed by atoms with Gasteiger partial charge in [-0.3, -0.25) is 4.79 Å². The number of nitrogens with one attached hydrogen (secondary N) is 1. The number of rotatable bonds is 28. The van der Waals surface area contributed by atoms with E-state index >= 15 is 0 Å². The fourth-order valence-electron chi connectivity index (χ4n) is 6.48. The van der Waals surface area contributed by atoms with Crippen LogP contribution in [0.25, 0.3) is 0 Å². The third kappa shape index (κ3) is 17.4. The topological polar surface area (TPSA) is 228 Å². The summed E-state index contributed by atoms with van der Waals surface area (Å²) >= 11 is 0. The molecule has 2 heterocycles. The lowest BCUT2D eigenvalue weighted by Crippen LogP contribution is -2.65. The van der Waals surface area contributed by atoms with Crippen molar-refractivity contribution in [3.05, 3.63) is 24.3 Å². The van der Waals surface area contributed by atoms with E-state index in [9.17, 15) is 45.6 Å². The van der Waals surface area contributed by atoms with Crippen molar-refractivity contribution < 1.29 is 64.6 Å². The van der Waals surface area contributed by atoms with Crippen molar-refractivity contribution in [1.29, 1.82) is 0 Å². The van der Waals surface area contributed by atoms with E-state index in [1.54, 1.807) is 6.08 Å². The van der Waals surface area contributed by atoms with Crippen molar-refractivity contribution >= 4 is 5.91 Å². The highest BCUT2D eigenvalue weighted by Gasteiger charge is 2.50. The van der Waals surface area contributed by atoms with E-state index in [0.29, 0.717) is 12.8 Å². The van der Waals surface area contributed by atoms with Gasteiger partial charge in [-0.1, -0.05) is 109 Å². The number of aliphatic hydroxyl groups excluding tert-OH is 8. The summed E-state index contributed by atoms with van der Waals surface area (Å²) in [6, 6.07) is -0.921. The van der Waals surface area contributed by atoms with Crippen LogP contribution in [-0.2, 0) is 23.7 Å². The van der Waals surface area contributed by atoms with Gasteiger partial charge in [-0.05, 0) is 32.1 Å². The van der Waals surface area contributed by atoms with E-state index in [2.05, 4.69) is 31.3 Å². The quantitative estimate of drug-likeness (QED) is 0.0413. The third-order valence-electron chi connectivity index (χ3n) is 9.89. The molecule has 0 radical (unpaired) electrons. The maximum absolute atomic E-state index is 12.9. The first kappa shape index (κ1) is 47.6. The first-order chi connectivity index (χ1) is 25.6. The zero-order valence-corrected chi connectivity index (χ0v) is 32.0. The van der Waals surface area contributed by atoms with Crippen molar-refractivity contribution in [1.82, 2.24) is 5.32 Å². The van der Waals surface area contributed by atoms with Crippen LogP contribution in [0.3, 0.4) is 0 Å². The van der Waals surface area contributed by atoms with Gasteiger partial charge in [0, 0.05) is 6.42 Å². The lowest BCUT2D eigenvalue weighted by molar-refractivity contribution is -0.359. The summed E-state index contributed by atoms with van der Waals surface area (Å²) in [5, 5.41) is 85.9. The highest BCUT2D eigenvalue weighted by atomic mass is 16.7. The number of hydrogen-bond donors (Lipinski definition) is 9. The highest BCUT2D eigenvalue weighted by molar-refractivity contribution is 5.76. The van der Waals surface area contributed by atoms with Gasteiger partial charge in [-0.25, -0.2) is 0 Å². The number of carbonyl (C=O) groups is 1. The number of unbranched alkanes of at least 4 members (excludes halogenated alkanes) is 13. The maximum atomic E-state index is 12.9. The molecule has 2 aliphatic heterocycles. The van der Waals surface area contributed by atoms with Gasteiger partial charge in [0.2, 0.25) is 5.91 Å². The fourth-order valence-corrected chi connectivity index (χ4v) is 6.48. The van der Waals surface area contributed by atoms with Gasteiger partial charge in [0.15, 0.2) is 12.6 Å². The number of ether oxygens (including phenoxy) is 4. The summed E-state index contributed by atoms with van der Waals surface area (Å²) in [7, 11) is 0. The number of hydrogen-bond acceptors (Lipinski definition) is 13. The number of allylic oxidation sites excluding steroid dienone is 3. The molecule has 0 saturated carbocycles. The Hall–Kier alpha value is -1.53. The van der Waals surface area contributed by atoms with E-state index < -0.39 is 86.8 Å². The minimum absolute atomic E-state index is 0.259. The molecule has 2 saturated heterocycles. The Kier molecular flexibility index (Phi) is 25.1. The van der Waals surface area contributed by atoms with E-state index in [0.717, 1.165) is 32.1 Å². The first-order valence-electron chi connectivity index (χ1n) is 20.1.